The number of hydrogen-bond donors (Lipinski definition) is 1. The number of nitrogens with two attached hydrogens (primary N) is 1. The second-order valence-electron chi connectivity index (χ2n) is 4.55. The van der Waals surface area contributed by atoms with E-state index in [2.05, 4.69) is 5.10 Å². The van der Waals surface area contributed by atoms with Crippen molar-refractivity contribution in [2.24, 2.45) is 7.05 Å². The van der Waals surface area contributed by atoms with E-state index in [1.165, 1.54) is 12.8 Å². The Morgan fingerprint density at radius 1 is 1.41 bits per heavy atom. The summed E-state index contributed by atoms with van der Waals surface area (Å²) in [4.78, 5) is 12.0. The van der Waals surface area contributed by atoms with Gasteiger partial charge in [0, 0.05) is 19.4 Å². The third kappa shape index (κ3) is 1.73. The van der Waals surface area contributed by atoms with Gasteiger partial charge in [0.25, 0.3) is 5.56 Å². The van der Waals surface area contributed by atoms with E-state index in [0.29, 0.717) is 11.6 Å². The Kier molecular flexibility index (Phi) is 2.07. The van der Waals surface area contributed by atoms with Gasteiger partial charge in [-0.1, -0.05) is 0 Å². The van der Waals surface area contributed by atoms with Crippen molar-refractivity contribution in [3.8, 4) is 5.69 Å². The maximum Gasteiger partial charge on any atom is 0.278 e. The highest BCUT2D eigenvalue weighted by atomic mass is 16.1. The van der Waals surface area contributed by atoms with Gasteiger partial charge in [-0.15, -0.1) is 0 Å². The van der Waals surface area contributed by atoms with E-state index in [1.54, 1.807) is 27.7 Å². The normalized spacial score (nSPS) is 15.1. The molecule has 0 bridgehead atoms. The van der Waals surface area contributed by atoms with Crippen LogP contribution in [0.4, 0.5) is 5.69 Å². The molecule has 0 saturated heterocycles. The fraction of sp³-hybridized carbons (Fsp3) is 0.333. The molecule has 5 heteroatoms. The molecule has 0 atom stereocenters. The Labute approximate surface area is 98.5 Å². The van der Waals surface area contributed by atoms with Crippen LogP contribution in [0.15, 0.2) is 29.5 Å². The molecule has 1 aliphatic carbocycles. The summed E-state index contributed by atoms with van der Waals surface area (Å²) in [6, 6.07) is 1.80. The number of anilines is 1. The average Bonchev–Trinajstić information content (AvgIpc) is 3.05. The fourth-order valence-corrected chi connectivity index (χ4v) is 1.99. The molecule has 2 aromatic rings. The highest BCUT2D eigenvalue weighted by molar-refractivity contribution is 5.43. The monoisotopic (exact) mass is 230 g/mol. The van der Waals surface area contributed by atoms with Gasteiger partial charge in [-0.3, -0.25) is 14.0 Å². The molecule has 17 heavy (non-hydrogen) atoms. The van der Waals surface area contributed by atoms with E-state index in [4.69, 9.17) is 5.73 Å². The molecule has 3 rings (SSSR count). The van der Waals surface area contributed by atoms with Gasteiger partial charge in [0.1, 0.15) is 0 Å². The molecular weight excluding hydrogens is 216 g/mol. The minimum Gasteiger partial charge on any atom is -0.394 e. The van der Waals surface area contributed by atoms with Crippen molar-refractivity contribution in [3.05, 3.63) is 40.6 Å². The number of aromatic nitrogens is 3. The third-order valence-electron chi connectivity index (χ3n) is 3.08. The van der Waals surface area contributed by atoms with Crippen molar-refractivity contribution >= 4 is 5.69 Å². The van der Waals surface area contributed by atoms with Gasteiger partial charge < -0.3 is 5.73 Å². The first-order valence-electron chi connectivity index (χ1n) is 5.66. The van der Waals surface area contributed by atoms with Crippen LogP contribution in [0.1, 0.15) is 24.3 Å². The topological polar surface area (TPSA) is 65.8 Å². The van der Waals surface area contributed by atoms with Crippen molar-refractivity contribution in [1.29, 1.82) is 0 Å². The van der Waals surface area contributed by atoms with Crippen LogP contribution in [0, 0.1) is 0 Å². The van der Waals surface area contributed by atoms with E-state index in [1.807, 2.05) is 13.2 Å². The lowest BCUT2D eigenvalue weighted by Crippen LogP contribution is -2.21. The van der Waals surface area contributed by atoms with E-state index in [-0.39, 0.29) is 5.56 Å². The predicted molar refractivity (Wildman–Crippen MR) is 65.2 cm³/mol. The molecule has 1 aliphatic rings. The molecular formula is C12H14N4O. The Bertz CT molecular complexity index is 622. The zero-order valence-corrected chi connectivity index (χ0v) is 9.63. The van der Waals surface area contributed by atoms with E-state index >= 15 is 0 Å². The van der Waals surface area contributed by atoms with Crippen LogP contribution in [0.2, 0.25) is 0 Å². The van der Waals surface area contributed by atoms with E-state index in [9.17, 15) is 4.79 Å². The van der Waals surface area contributed by atoms with Crippen LogP contribution in [0.25, 0.3) is 5.69 Å². The second kappa shape index (κ2) is 3.48. The van der Waals surface area contributed by atoms with Gasteiger partial charge in [-0.2, -0.15) is 5.10 Å². The molecule has 5 nitrogen and oxygen atoms in total. The number of nitrogen functional groups attached to an aromatic ring is 1. The van der Waals surface area contributed by atoms with Crippen LogP contribution < -0.4 is 11.3 Å². The SMILES string of the molecule is Cn1cc(-n2cc(C3CC3)cc(N)c2=O)cn1. The van der Waals surface area contributed by atoms with Crippen LogP contribution in [0.5, 0.6) is 0 Å². The molecule has 1 fully saturated rings. The van der Waals surface area contributed by atoms with E-state index < -0.39 is 0 Å². The molecule has 0 aliphatic heterocycles. The van der Waals surface area contributed by atoms with Crippen LogP contribution in [0.3, 0.4) is 0 Å². The Morgan fingerprint density at radius 2 is 2.18 bits per heavy atom. The van der Waals surface area contributed by atoms with Gasteiger partial charge in [0.05, 0.1) is 17.6 Å². The summed E-state index contributed by atoms with van der Waals surface area (Å²) < 4.78 is 3.25. The summed E-state index contributed by atoms with van der Waals surface area (Å²) in [5, 5.41) is 4.07. The standard InChI is InChI=1S/C12H14N4O/c1-15-7-10(5-14-15)16-6-9(8-2-3-8)4-11(13)12(16)17/h4-8H,2-3,13H2,1H3. The largest absolute Gasteiger partial charge is 0.394 e. The summed E-state index contributed by atoms with van der Waals surface area (Å²) in [7, 11) is 1.82. The molecule has 1 saturated carbocycles. The number of nitrogens with zero attached hydrogens (tertiary/aromatic N) is 3. The molecule has 0 amide bonds. The summed E-state index contributed by atoms with van der Waals surface area (Å²) in [6.07, 6.45) is 7.72. The van der Waals surface area contributed by atoms with Crippen LogP contribution in [-0.2, 0) is 7.05 Å². The summed E-state index contributed by atoms with van der Waals surface area (Å²) >= 11 is 0. The maximum atomic E-state index is 12.0. The molecule has 0 radical (unpaired) electrons. The lowest BCUT2D eigenvalue weighted by Gasteiger charge is -2.07. The Morgan fingerprint density at radius 3 is 2.76 bits per heavy atom. The van der Waals surface area contributed by atoms with Gasteiger partial charge in [0.15, 0.2) is 0 Å². The summed E-state index contributed by atoms with van der Waals surface area (Å²) in [5.41, 5.74) is 7.80. The number of hydrogen-bond acceptors (Lipinski definition) is 3. The number of pyridine rings is 1. The van der Waals surface area contributed by atoms with Gasteiger partial charge in [-0.25, -0.2) is 0 Å². The lowest BCUT2D eigenvalue weighted by atomic mass is 10.2. The van der Waals surface area contributed by atoms with Crippen LogP contribution >= 0.6 is 0 Å². The summed E-state index contributed by atoms with van der Waals surface area (Å²) in [5.74, 6) is 0.570. The predicted octanol–water partition coefficient (Wildman–Crippen LogP) is 1.03. The zero-order chi connectivity index (χ0) is 12.0. The fourth-order valence-electron chi connectivity index (χ4n) is 1.99. The number of aryl methyl sites for hydroxylation is 1. The number of rotatable bonds is 2. The second-order valence-corrected chi connectivity index (χ2v) is 4.55. The smallest absolute Gasteiger partial charge is 0.278 e. The molecule has 2 N–H and O–H groups in total. The van der Waals surface area contributed by atoms with Crippen molar-refractivity contribution in [2.45, 2.75) is 18.8 Å². The van der Waals surface area contributed by atoms with Gasteiger partial charge >= 0.3 is 0 Å². The van der Waals surface area contributed by atoms with Crippen molar-refractivity contribution in [2.75, 3.05) is 5.73 Å². The Balaban J connectivity index is 2.17. The average molecular weight is 230 g/mol. The van der Waals surface area contributed by atoms with E-state index in [0.717, 1.165) is 11.3 Å². The van der Waals surface area contributed by atoms with Crippen molar-refractivity contribution in [3.63, 3.8) is 0 Å². The molecule has 2 aromatic heterocycles. The zero-order valence-electron chi connectivity index (χ0n) is 9.63. The first kappa shape index (κ1) is 10.1. The molecule has 0 aromatic carbocycles. The van der Waals surface area contributed by atoms with Crippen LogP contribution in [-0.4, -0.2) is 14.3 Å². The lowest BCUT2D eigenvalue weighted by molar-refractivity contribution is 0.767. The quantitative estimate of drug-likeness (QED) is 0.838. The van der Waals surface area contributed by atoms with Crippen molar-refractivity contribution in [1.82, 2.24) is 14.3 Å². The van der Waals surface area contributed by atoms with Gasteiger partial charge in [-0.05, 0) is 30.4 Å². The maximum absolute atomic E-state index is 12.0. The minimum absolute atomic E-state index is 0.178. The molecule has 88 valence electrons. The first-order valence-corrected chi connectivity index (χ1v) is 5.66. The minimum atomic E-state index is -0.178. The molecule has 0 unspecified atom stereocenters. The molecule has 0 spiro atoms. The summed E-state index contributed by atoms with van der Waals surface area (Å²) in [6.45, 7) is 0. The first-order chi connectivity index (χ1) is 8.15. The third-order valence-corrected chi connectivity index (χ3v) is 3.08. The highest BCUT2D eigenvalue weighted by Crippen LogP contribution is 2.40. The van der Waals surface area contributed by atoms with Crippen molar-refractivity contribution < 1.29 is 0 Å². The van der Waals surface area contributed by atoms with Gasteiger partial charge in [0.2, 0.25) is 0 Å². The molecule has 2 heterocycles. The Hall–Kier alpha value is -2.04. The highest BCUT2D eigenvalue weighted by Gasteiger charge is 2.25.